The minimum absolute atomic E-state index is 0.111. The molecule has 0 saturated carbocycles. The van der Waals surface area contributed by atoms with Gasteiger partial charge in [-0.05, 0) is 6.42 Å². The Morgan fingerprint density at radius 3 is 2.67 bits per heavy atom. The van der Waals surface area contributed by atoms with E-state index in [1.165, 1.54) is 0 Å². The Morgan fingerprint density at radius 2 is 2.33 bits per heavy atom. The van der Waals surface area contributed by atoms with Gasteiger partial charge in [-0.1, -0.05) is 13.3 Å². The predicted molar refractivity (Wildman–Crippen MR) is 36.3 cm³/mol. The van der Waals surface area contributed by atoms with Crippen LogP contribution in [0.25, 0.3) is 0 Å². The van der Waals surface area contributed by atoms with Crippen molar-refractivity contribution in [2.45, 2.75) is 19.8 Å². The standard InChI is InChI=1S/C7H14O2/c1-3-4-7(5-8)6-9-2/h5,7H,3-4,6H2,1-2H3. The minimum Gasteiger partial charge on any atom is -0.384 e. The highest BCUT2D eigenvalue weighted by Gasteiger charge is 2.03. The molecule has 54 valence electrons. The summed E-state index contributed by atoms with van der Waals surface area (Å²) < 4.78 is 4.82. The van der Waals surface area contributed by atoms with E-state index in [1.807, 2.05) is 0 Å². The van der Waals surface area contributed by atoms with Gasteiger partial charge in [0.15, 0.2) is 0 Å². The number of aldehydes is 1. The van der Waals surface area contributed by atoms with Crippen LogP contribution in [0.4, 0.5) is 0 Å². The van der Waals surface area contributed by atoms with Crippen molar-refractivity contribution in [1.82, 2.24) is 0 Å². The molecule has 0 amide bonds. The van der Waals surface area contributed by atoms with Crippen LogP contribution in [-0.4, -0.2) is 20.0 Å². The highest BCUT2D eigenvalue weighted by Crippen LogP contribution is 2.01. The molecule has 0 aliphatic rings. The summed E-state index contributed by atoms with van der Waals surface area (Å²) in [5.41, 5.74) is 0. The van der Waals surface area contributed by atoms with Crippen LogP contribution in [0.1, 0.15) is 19.8 Å². The molecule has 0 aromatic heterocycles. The highest BCUT2D eigenvalue weighted by atomic mass is 16.5. The van der Waals surface area contributed by atoms with Gasteiger partial charge in [0.1, 0.15) is 6.29 Å². The molecule has 0 radical (unpaired) electrons. The number of carbonyl (C=O) groups is 1. The van der Waals surface area contributed by atoms with Crippen LogP contribution >= 0.6 is 0 Å². The van der Waals surface area contributed by atoms with Gasteiger partial charge in [0.05, 0.1) is 6.61 Å². The van der Waals surface area contributed by atoms with Gasteiger partial charge in [0.25, 0.3) is 0 Å². The number of ether oxygens (including phenoxy) is 1. The highest BCUT2D eigenvalue weighted by molar-refractivity contribution is 5.53. The second-order valence-electron chi connectivity index (χ2n) is 2.14. The van der Waals surface area contributed by atoms with Crippen LogP contribution in [-0.2, 0) is 9.53 Å². The molecule has 0 rings (SSSR count). The van der Waals surface area contributed by atoms with Crippen molar-refractivity contribution in [3.05, 3.63) is 0 Å². The molecule has 0 bridgehead atoms. The SMILES string of the molecule is CCCC(C=O)COC. The molecule has 2 nitrogen and oxygen atoms in total. The maximum absolute atomic E-state index is 10.2. The minimum atomic E-state index is 0.111. The predicted octanol–water partition coefficient (Wildman–Crippen LogP) is 1.25. The molecule has 0 heterocycles. The second kappa shape index (κ2) is 5.76. The summed E-state index contributed by atoms with van der Waals surface area (Å²) >= 11 is 0. The van der Waals surface area contributed by atoms with Crippen molar-refractivity contribution in [1.29, 1.82) is 0 Å². The van der Waals surface area contributed by atoms with E-state index >= 15 is 0 Å². The Bertz CT molecular complexity index is 65.3. The van der Waals surface area contributed by atoms with E-state index in [4.69, 9.17) is 4.74 Å². The third-order valence-electron chi connectivity index (χ3n) is 1.23. The van der Waals surface area contributed by atoms with Crippen LogP contribution in [0, 0.1) is 5.92 Å². The van der Waals surface area contributed by atoms with E-state index in [2.05, 4.69) is 6.92 Å². The van der Waals surface area contributed by atoms with Gasteiger partial charge >= 0.3 is 0 Å². The molecule has 0 aliphatic heterocycles. The Hall–Kier alpha value is -0.370. The van der Waals surface area contributed by atoms with Gasteiger partial charge in [-0.3, -0.25) is 0 Å². The summed E-state index contributed by atoms with van der Waals surface area (Å²) in [6.07, 6.45) is 2.96. The third kappa shape index (κ3) is 4.15. The molecule has 0 aliphatic carbocycles. The lowest BCUT2D eigenvalue weighted by Gasteiger charge is -2.04. The zero-order chi connectivity index (χ0) is 7.11. The molecule has 1 unspecified atom stereocenters. The van der Waals surface area contributed by atoms with Gasteiger partial charge in [-0.25, -0.2) is 0 Å². The van der Waals surface area contributed by atoms with Gasteiger partial charge < -0.3 is 9.53 Å². The van der Waals surface area contributed by atoms with E-state index in [0.717, 1.165) is 19.1 Å². The van der Waals surface area contributed by atoms with Crippen molar-refractivity contribution in [2.75, 3.05) is 13.7 Å². The van der Waals surface area contributed by atoms with E-state index in [0.29, 0.717) is 6.61 Å². The maximum Gasteiger partial charge on any atom is 0.125 e. The van der Waals surface area contributed by atoms with Crippen molar-refractivity contribution in [3.63, 3.8) is 0 Å². The largest absolute Gasteiger partial charge is 0.384 e. The molecule has 1 atom stereocenters. The lowest BCUT2D eigenvalue weighted by atomic mass is 10.1. The lowest BCUT2D eigenvalue weighted by Crippen LogP contribution is -2.08. The Kier molecular flexibility index (Phi) is 5.52. The summed E-state index contributed by atoms with van der Waals surface area (Å²) in [6.45, 7) is 2.63. The summed E-state index contributed by atoms with van der Waals surface area (Å²) in [5, 5.41) is 0. The quantitative estimate of drug-likeness (QED) is 0.523. The van der Waals surface area contributed by atoms with Crippen LogP contribution in [0.15, 0.2) is 0 Å². The van der Waals surface area contributed by atoms with Gasteiger partial charge in [0.2, 0.25) is 0 Å². The van der Waals surface area contributed by atoms with Crippen LogP contribution in [0.5, 0.6) is 0 Å². The molecule has 9 heavy (non-hydrogen) atoms. The fourth-order valence-corrected chi connectivity index (χ4v) is 0.776. The smallest absolute Gasteiger partial charge is 0.125 e. The molecule has 0 N–H and O–H groups in total. The first-order valence-corrected chi connectivity index (χ1v) is 3.29. The Balaban J connectivity index is 3.29. The van der Waals surface area contributed by atoms with Crippen LogP contribution in [0.3, 0.4) is 0 Å². The number of hydrogen-bond donors (Lipinski definition) is 0. The Labute approximate surface area is 56.2 Å². The van der Waals surface area contributed by atoms with Crippen molar-refractivity contribution in [3.8, 4) is 0 Å². The summed E-state index contributed by atoms with van der Waals surface area (Å²) in [4.78, 5) is 10.2. The zero-order valence-corrected chi connectivity index (χ0v) is 6.09. The van der Waals surface area contributed by atoms with Crippen molar-refractivity contribution < 1.29 is 9.53 Å². The van der Waals surface area contributed by atoms with Gasteiger partial charge in [0, 0.05) is 13.0 Å². The zero-order valence-electron chi connectivity index (χ0n) is 6.09. The number of carbonyl (C=O) groups excluding carboxylic acids is 1. The van der Waals surface area contributed by atoms with E-state index in [-0.39, 0.29) is 5.92 Å². The van der Waals surface area contributed by atoms with E-state index < -0.39 is 0 Å². The average Bonchev–Trinajstić information content (AvgIpc) is 1.88. The lowest BCUT2D eigenvalue weighted by molar-refractivity contribution is -0.112. The van der Waals surface area contributed by atoms with Gasteiger partial charge in [-0.15, -0.1) is 0 Å². The molecule has 2 heteroatoms. The third-order valence-corrected chi connectivity index (χ3v) is 1.23. The topological polar surface area (TPSA) is 26.3 Å². The molecule has 0 spiro atoms. The first-order valence-electron chi connectivity index (χ1n) is 3.29. The molecule has 0 aromatic rings. The molecule has 0 fully saturated rings. The molecular weight excluding hydrogens is 116 g/mol. The Morgan fingerprint density at radius 1 is 1.67 bits per heavy atom. The molecular formula is C7H14O2. The van der Waals surface area contributed by atoms with Crippen LogP contribution in [0.2, 0.25) is 0 Å². The first kappa shape index (κ1) is 8.63. The van der Waals surface area contributed by atoms with Crippen molar-refractivity contribution >= 4 is 6.29 Å². The van der Waals surface area contributed by atoms with E-state index in [9.17, 15) is 4.79 Å². The first-order chi connectivity index (χ1) is 4.35. The fraction of sp³-hybridized carbons (Fsp3) is 0.857. The number of rotatable bonds is 5. The summed E-state index contributed by atoms with van der Waals surface area (Å²) in [7, 11) is 1.62. The number of hydrogen-bond acceptors (Lipinski definition) is 2. The summed E-state index contributed by atoms with van der Waals surface area (Å²) in [5.74, 6) is 0.111. The number of methoxy groups -OCH3 is 1. The molecule has 0 aromatic carbocycles. The molecule has 0 saturated heterocycles. The maximum atomic E-state index is 10.2. The van der Waals surface area contributed by atoms with Gasteiger partial charge in [-0.2, -0.15) is 0 Å². The second-order valence-corrected chi connectivity index (χ2v) is 2.14. The monoisotopic (exact) mass is 130 g/mol. The van der Waals surface area contributed by atoms with Crippen molar-refractivity contribution in [2.24, 2.45) is 5.92 Å². The normalized spacial score (nSPS) is 13.1. The average molecular weight is 130 g/mol. The summed E-state index contributed by atoms with van der Waals surface area (Å²) in [6, 6.07) is 0. The van der Waals surface area contributed by atoms with E-state index in [1.54, 1.807) is 7.11 Å². The van der Waals surface area contributed by atoms with Crippen LogP contribution < -0.4 is 0 Å². The fourth-order valence-electron chi connectivity index (χ4n) is 0.776.